The maximum atomic E-state index is 4.97. The second-order valence-corrected chi connectivity index (χ2v) is 7.91. The summed E-state index contributed by atoms with van der Waals surface area (Å²) in [6.07, 6.45) is 0. The molecule has 3 aromatic carbocycles. The Bertz CT molecular complexity index is 1250. The van der Waals surface area contributed by atoms with Crippen molar-refractivity contribution in [3.8, 4) is 11.1 Å². The van der Waals surface area contributed by atoms with Crippen LogP contribution in [0.15, 0.2) is 60.7 Å². The zero-order valence-corrected chi connectivity index (χ0v) is 20.0. The maximum Gasteiger partial charge on any atom is 0.396 e. The molecule has 0 saturated carbocycles. The first-order chi connectivity index (χ1) is 13.5. The van der Waals surface area contributed by atoms with Crippen molar-refractivity contribution in [2.75, 3.05) is 0 Å². The number of imidazole rings is 1. The van der Waals surface area contributed by atoms with Gasteiger partial charge in [-0.05, 0) is 32.9 Å². The van der Waals surface area contributed by atoms with Crippen LogP contribution in [0.5, 0.6) is 0 Å². The normalized spacial score (nSPS) is 14.8. The minimum Gasteiger partial charge on any atom is -0.240 e. The molecular weight excluding hydrogens is 431 g/mol. The van der Waals surface area contributed by atoms with Crippen LogP contribution in [0.1, 0.15) is 26.3 Å². The quantitative estimate of drug-likeness (QED) is 0.284. The van der Waals surface area contributed by atoms with Gasteiger partial charge in [0.05, 0.1) is 5.71 Å². The number of nitrogens with zero attached hydrogens (tertiary/aromatic N) is 3. The number of aryl methyl sites for hydroxylation is 1. The Balaban J connectivity index is 0.00000205. The van der Waals surface area contributed by atoms with Gasteiger partial charge in [-0.3, -0.25) is 0 Å². The summed E-state index contributed by atoms with van der Waals surface area (Å²) < 4.78 is 4.63. The van der Waals surface area contributed by atoms with Gasteiger partial charge in [-0.25, -0.2) is 20.3 Å². The van der Waals surface area contributed by atoms with Crippen molar-refractivity contribution in [3.63, 3.8) is 0 Å². The van der Waals surface area contributed by atoms with Gasteiger partial charge in [0.2, 0.25) is 0 Å². The average molecular weight is 453 g/mol. The van der Waals surface area contributed by atoms with Crippen LogP contribution in [0.2, 0.25) is 0 Å². The Morgan fingerprint density at radius 3 is 2.45 bits per heavy atom. The number of hydrogen-bond acceptors (Lipinski definition) is 1. The van der Waals surface area contributed by atoms with Gasteiger partial charge in [0, 0.05) is 38.4 Å². The fourth-order valence-electron chi connectivity index (χ4n) is 4.14. The Morgan fingerprint density at radius 1 is 0.966 bits per heavy atom. The summed E-state index contributed by atoms with van der Waals surface area (Å²) in [4.78, 5) is 4.97. The third-order valence-electron chi connectivity index (χ3n) is 5.89. The van der Waals surface area contributed by atoms with Crippen LogP contribution in [0.4, 0.5) is 11.6 Å². The maximum absolute atomic E-state index is 4.97. The molecule has 1 radical (unpaired) electrons. The van der Waals surface area contributed by atoms with Gasteiger partial charge in [0.25, 0.3) is 0 Å². The van der Waals surface area contributed by atoms with E-state index in [0.29, 0.717) is 0 Å². The van der Waals surface area contributed by atoms with Crippen molar-refractivity contribution in [2.45, 2.75) is 33.2 Å². The Kier molecular flexibility index (Phi) is 5.08. The van der Waals surface area contributed by atoms with Crippen LogP contribution in [-0.4, -0.2) is 15.3 Å². The summed E-state index contributed by atoms with van der Waals surface area (Å²) in [5, 5.41) is 0. The van der Waals surface area contributed by atoms with Crippen molar-refractivity contribution < 1.29 is 32.7 Å². The van der Waals surface area contributed by atoms with Crippen LogP contribution >= 0.6 is 0 Å². The molecule has 0 atom stereocenters. The average Bonchev–Trinajstić information content (AvgIpc) is 3.17. The molecule has 4 heteroatoms. The van der Waals surface area contributed by atoms with Gasteiger partial charge in [-0.1, -0.05) is 24.0 Å². The zero-order chi connectivity index (χ0) is 19.5. The second kappa shape index (κ2) is 7.30. The molecule has 1 aliphatic heterocycles. The molecule has 3 nitrogen and oxygen atoms in total. The van der Waals surface area contributed by atoms with Gasteiger partial charge < -0.3 is 0 Å². The molecule has 0 N–H and O–H groups in total. The van der Waals surface area contributed by atoms with Crippen LogP contribution in [0.3, 0.4) is 0 Å². The molecule has 1 aromatic heterocycles. The fourth-order valence-corrected chi connectivity index (χ4v) is 4.14. The molecule has 0 fully saturated rings. The number of fused-ring (bicyclic) bond motifs is 3. The molecule has 0 aliphatic carbocycles. The van der Waals surface area contributed by atoms with Crippen molar-refractivity contribution in [1.82, 2.24) is 14.1 Å². The number of para-hydroxylation sites is 2. The van der Waals surface area contributed by atoms with Crippen LogP contribution in [0.25, 0.3) is 22.2 Å². The molecule has 5 rings (SSSR count). The van der Waals surface area contributed by atoms with E-state index in [1.807, 2.05) is 24.3 Å². The molecule has 0 spiro atoms. The Labute approximate surface area is 197 Å². The van der Waals surface area contributed by atoms with Gasteiger partial charge in [-0.2, -0.15) is 36.4 Å². The minimum atomic E-state index is -0.149. The van der Waals surface area contributed by atoms with Crippen LogP contribution < -0.4 is 4.58 Å². The SMILES string of the molecule is CC1=[N+](c2c[c-]c(-c3[c-]cccc3)cc2C)c2nc3ccccc3n2C1(C)C.[Y]. The number of aromatic nitrogens is 2. The van der Waals surface area contributed by atoms with E-state index in [1.54, 1.807) is 0 Å². The summed E-state index contributed by atoms with van der Waals surface area (Å²) in [7, 11) is 0. The molecule has 0 bridgehead atoms. The monoisotopic (exact) mass is 453 g/mol. The molecule has 0 amide bonds. The van der Waals surface area contributed by atoms with Gasteiger partial charge in [0.1, 0.15) is 11.1 Å². The fraction of sp³-hybridized carbons (Fsp3) is 0.200. The number of hydrogen-bond donors (Lipinski definition) is 0. The number of benzene rings is 3. The smallest absolute Gasteiger partial charge is 0.240 e. The van der Waals surface area contributed by atoms with Crippen molar-refractivity contribution in [2.24, 2.45) is 0 Å². The van der Waals surface area contributed by atoms with Crippen molar-refractivity contribution in [3.05, 3.63) is 78.4 Å². The molecule has 1 aliphatic rings. The Morgan fingerprint density at radius 2 is 1.72 bits per heavy atom. The van der Waals surface area contributed by atoms with E-state index < -0.39 is 0 Å². The molecule has 2 heterocycles. The van der Waals surface area contributed by atoms with E-state index in [1.165, 1.54) is 16.8 Å². The third-order valence-corrected chi connectivity index (χ3v) is 5.89. The summed E-state index contributed by atoms with van der Waals surface area (Å²) in [6.45, 7) is 8.86. The molecule has 0 saturated heterocycles. The number of rotatable bonds is 2. The minimum absolute atomic E-state index is 0. The predicted octanol–water partition coefficient (Wildman–Crippen LogP) is 5.65. The first kappa shape index (κ1) is 20.2. The second-order valence-electron chi connectivity index (χ2n) is 7.91. The van der Waals surface area contributed by atoms with E-state index >= 15 is 0 Å². The van der Waals surface area contributed by atoms with Crippen molar-refractivity contribution >= 4 is 28.4 Å². The van der Waals surface area contributed by atoms with E-state index in [4.69, 9.17) is 4.98 Å². The van der Waals surface area contributed by atoms with Crippen LogP contribution in [0, 0.1) is 19.1 Å². The van der Waals surface area contributed by atoms with Crippen LogP contribution in [-0.2, 0) is 38.2 Å². The van der Waals surface area contributed by atoms with E-state index in [2.05, 4.69) is 85.4 Å². The largest absolute Gasteiger partial charge is 0.396 e. The van der Waals surface area contributed by atoms with Gasteiger partial charge in [0.15, 0.2) is 5.52 Å². The topological polar surface area (TPSA) is 20.8 Å². The summed E-state index contributed by atoms with van der Waals surface area (Å²) in [6, 6.07) is 27.4. The molecule has 141 valence electrons. The standard InChI is InChI=1S/C25H22N3.Y/c1-17-16-20(19-10-6-5-7-11-19)14-15-22(17)27-18(2)25(3,4)28-23-13-9-8-12-21(23)26-24(27)28;/h5-10,12-13,15-16H,1-4H3;/q-1;. The summed E-state index contributed by atoms with van der Waals surface area (Å²) in [5.41, 5.74) is 7.75. The van der Waals surface area contributed by atoms with E-state index in [9.17, 15) is 0 Å². The third kappa shape index (κ3) is 3.03. The Hall–Kier alpha value is -2.10. The van der Waals surface area contributed by atoms with Gasteiger partial charge in [-0.15, -0.1) is 17.7 Å². The molecule has 29 heavy (non-hydrogen) atoms. The first-order valence-electron chi connectivity index (χ1n) is 9.60. The summed E-state index contributed by atoms with van der Waals surface area (Å²) in [5.74, 6) is 0.972. The first-order valence-corrected chi connectivity index (χ1v) is 9.60. The molecule has 0 unspecified atom stereocenters. The molecular formula is C25H22N3Y-. The van der Waals surface area contributed by atoms with E-state index in [-0.39, 0.29) is 38.2 Å². The van der Waals surface area contributed by atoms with Crippen molar-refractivity contribution in [1.29, 1.82) is 0 Å². The summed E-state index contributed by atoms with van der Waals surface area (Å²) >= 11 is 0. The van der Waals surface area contributed by atoms with Gasteiger partial charge >= 0.3 is 5.95 Å². The predicted molar refractivity (Wildman–Crippen MR) is 115 cm³/mol. The zero-order valence-electron chi connectivity index (χ0n) is 17.2. The molecule has 4 aromatic rings. The van der Waals surface area contributed by atoms with E-state index in [0.717, 1.165) is 28.3 Å².